The summed E-state index contributed by atoms with van der Waals surface area (Å²) in [7, 11) is 1.70. The van der Waals surface area contributed by atoms with Crippen molar-refractivity contribution in [2.24, 2.45) is 0 Å². The zero-order chi connectivity index (χ0) is 21.9. The van der Waals surface area contributed by atoms with Gasteiger partial charge in [-0.25, -0.2) is 0 Å². The Morgan fingerprint density at radius 1 is 1.07 bits per heavy atom. The SMILES string of the molecule is CN1CCN(C(=O)C(=O)Nc2ccc(C(C)(C)C)nn2)C(Cc2ccccc2)C1=O. The molecule has 3 amide bonds. The number of hydrogen-bond donors (Lipinski definition) is 1. The molecule has 158 valence electrons. The summed E-state index contributed by atoms with van der Waals surface area (Å²) in [5, 5.41) is 10.6. The van der Waals surface area contributed by atoms with Gasteiger partial charge in [0.1, 0.15) is 6.04 Å². The van der Waals surface area contributed by atoms with E-state index in [0.29, 0.717) is 19.5 Å². The number of nitrogens with one attached hydrogen (secondary N) is 1. The van der Waals surface area contributed by atoms with Crippen molar-refractivity contribution in [1.82, 2.24) is 20.0 Å². The van der Waals surface area contributed by atoms with Crippen molar-refractivity contribution >= 4 is 23.5 Å². The maximum atomic E-state index is 12.9. The Balaban J connectivity index is 1.74. The van der Waals surface area contributed by atoms with Crippen molar-refractivity contribution in [3.05, 3.63) is 53.7 Å². The molecule has 1 unspecified atom stereocenters. The van der Waals surface area contributed by atoms with Crippen LogP contribution in [0, 0.1) is 0 Å². The average molecular weight is 409 g/mol. The van der Waals surface area contributed by atoms with Gasteiger partial charge in [-0.05, 0) is 17.7 Å². The number of amides is 3. The van der Waals surface area contributed by atoms with Gasteiger partial charge in [0.2, 0.25) is 5.91 Å². The van der Waals surface area contributed by atoms with E-state index in [1.807, 2.05) is 51.1 Å². The van der Waals surface area contributed by atoms with Crippen LogP contribution in [-0.2, 0) is 26.2 Å². The van der Waals surface area contributed by atoms with Gasteiger partial charge in [0.15, 0.2) is 5.82 Å². The first-order valence-corrected chi connectivity index (χ1v) is 9.92. The number of anilines is 1. The third-order valence-electron chi connectivity index (χ3n) is 5.12. The zero-order valence-electron chi connectivity index (χ0n) is 17.8. The van der Waals surface area contributed by atoms with Gasteiger partial charge in [-0.1, -0.05) is 51.1 Å². The van der Waals surface area contributed by atoms with Crippen LogP contribution in [0.1, 0.15) is 32.0 Å². The highest BCUT2D eigenvalue weighted by atomic mass is 16.2. The van der Waals surface area contributed by atoms with Gasteiger partial charge in [-0.2, -0.15) is 5.10 Å². The molecule has 1 aromatic heterocycles. The molecule has 1 fully saturated rings. The van der Waals surface area contributed by atoms with E-state index < -0.39 is 17.9 Å². The summed E-state index contributed by atoms with van der Waals surface area (Å²) in [6.07, 6.45) is 0.350. The molecule has 1 aliphatic rings. The largest absolute Gasteiger partial charge is 0.342 e. The van der Waals surface area contributed by atoms with Crippen molar-refractivity contribution in [1.29, 1.82) is 0 Å². The number of benzene rings is 1. The number of piperazine rings is 1. The summed E-state index contributed by atoms with van der Waals surface area (Å²) in [4.78, 5) is 41.1. The monoisotopic (exact) mass is 409 g/mol. The highest BCUT2D eigenvalue weighted by Gasteiger charge is 2.38. The predicted molar refractivity (Wildman–Crippen MR) is 113 cm³/mol. The predicted octanol–water partition coefficient (Wildman–Crippen LogP) is 1.62. The Hall–Kier alpha value is -3.29. The zero-order valence-corrected chi connectivity index (χ0v) is 17.8. The molecule has 0 aliphatic carbocycles. The molecule has 30 heavy (non-hydrogen) atoms. The van der Waals surface area contributed by atoms with Crippen LogP contribution < -0.4 is 5.32 Å². The Bertz CT molecular complexity index is 922. The molecule has 0 radical (unpaired) electrons. The van der Waals surface area contributed by atoms with Gasteiger partial charge in [-0.15, -0.1) is 5.10 Å². The lowest BCUT2D eigenvalue weighted by atomic mass is 9.92. The normalized spacial score (nSPS) is 17.1. The Morgan fingerprint density at radius 2 is 1.77 bits per heavy atom. The number of rotatable bonds is 3. The Kier molecular flexibility index (Phi) is 6.14. The van der Waals surface area contributed by atoms with E-state index >= 15 is 0 Å². The molecule has 2 aromatic rings. The van der Waals surface area contributed by atoms with E-state index in [1.165, 1.54) is 4.90 Å². The Labute approximate surface area is 176 Å². The standard InChI is InChI=1S/C22H27N5O3/c1-22(2,3)17-10-11-18(25-24-17)23-19(28)21(30)27-13-12-26(4)20(29)16(27)14-15-8-6-5-7-9-15/h5-11,16H,12-14H2,1-4H3,(H,23,25,28). The molecule has 0 spiro atoms. The minimum Gasteiger partial charge on any atom is -0.342 e. The first-order valence-electron chi connectivity index (χ1n) is 9.92. The second-order valence-electron chi connectivity index (χ2n) is 8.47. The molecule has 1 saturated heterocycles. The van der Waals surface area contributed by atoms with Gasteiger partial charge in [-0.3, -0.25) is 14.4 Å². The molecule has 0 bridgehead atoms. The molecule has 1 aliphatic heterocycles. The van der Waals surface area contributed by atoms with Crippen molar-refractivity contribution in [2.75, 3.05) is 25.5 Å². The third kappa shape index (κ3) is 4.82. The quantitative estimate of drug-likeness (QED) is 0.778. The van der Waals surface area contributed by atoms with Crippen molar-refractivity contribution in [3.63, 3.8) is 0 Å². The summed E-state index contributed by atoms with van der Waals surface area (Å²) >= 11 is 0. The lowest BCUT2D eigenvalue weighted by Gasteiger charge is -2.38. The maximum absolute atomic E-state index is 12.9. The number of likely N-dealkylation sites (N-methyl/N-ethyl adjacent to an activating group) is 1. The molecule has 8 heteroatoms. The lowest BCUT2D eigenvalue weighted by Crippen LogP contribution is -2.60. The molecular weight excluding hydrogens is 382 g/mol. The van der Waals surface area contributed by atoms with Gasteiger partial charge >= 0.3 is 11.8 Å². The van der Waals surface area contributed by atoms with Gasteiger partial charge in [0.25, 0.3) is 0 Å². The second kappa shape index (κ2) is 8.61. The molecule has 1 atom stereocenters. The molecule has 3 rings (SSSR count). The number of carbonyl (C=O) groups excluding carboxylic acids is 3. The van der Waals surface area contributed by atoms with Crippen LogP contribution in [0.4, 0.5) is 5.82 Å². The van der Waals surface area contributed by atoms with E-state index in [-0.39, 0.29) is 17.1 Å². The first-order chi connectivity index (χ1) is 14.2. The third-order valence-corrected chi connectivity index (χ3v) is 5.12. The molecule has 2 heterocycles. The molecule has 0 saturated carbocycles. The minimum absolute atomic E-state index is 0.170. The topological polar surface area (TPSA) is 95.5 Å². The highest BCUT2D eigenvalue weighted by molar-refractivity contribution is 6.39. The summed E-state index contributed by atoms with van der Waals surface area (Å²) in [6, 6.07) is 12.1. The number of hydrogen-bond acceptors (Lipinski definition) is 5. The van der Waals surface area contributed by atoms with Crippen molar-refractivity contribution in [3.8, 4) is 0 Å². The van der Waals surface area contributed by atoms with E-state index in [1.54, 1.807) is 24.1 Å². The van der Waals surface area contributed by atoms with Crippen molar-refractivity contribution < 1.29 is 14.4 Å². The fraction of sp³-hybridized carbons (Fsp3) is 0.409. The van der Waals surface area contributed by atoms with E-state index in [2.05, 4.69) is 15.5 Å². The molecule has 1 N–H and O–H groups in total. The van der Waals surface area contributed by atoms with E-state index in [4.69, 9.17) is 0 Å². The average Bonchev–Trinajstić information content (AvgIpc) is 2.71. The van der Waals surface area contributed by atoms with Crippen LogP contribution in [0.3, 0.4) is 0 Å². The Morgan fingerprint density at radius 3 is 2.37 bits per heavy atom. The summed E-state index contributed by atoms with van der Waals surface area (Å²) in [6.45, 7) is 6.70. The summed E-state index contributed by atoms with van der Waals surface area (Å²) in [5.41, 5.74) is 1.53. The van der Waals surface area contributed by atoms with Gasteiger partial charge < -0.3 is 15.1 Å². The smallest absolute Gasteiger partial charge is 0.315 e. The summed E-state index contributed by atoms with van der Waals surface area (Å²) < 4.78 is 0. The van der Waals surface area contributed by atoms with Crippen LogP contribution in [0.5, 0.6) is 0 Å². The molecule has 1 aromatic carbocycles. The van der Waals surface area contributed by atoms with Crippen LogP contribution >= 0.6 is 0 Å². The van der Waals surface area contributed by atoms with Gasteiger partial charge in [0, 0.05) is 32.0 Å². The maximum Gasteiger partial charge on any atom is 0.315 e. The molecular formula is C22H27N5O3. The summed E-state index contributed by atoms with van der Waals surface area (Å²) in [5.74, 6) is -1.57. The van der Waals surface area contributed by atoms with Crippen LogP contribution in [-0.4, -0.2) is 63.9 Å². The van der Waals surface area contributed by atoms with Crippen LogP contribution in [0.2, 0.25) is 0 Å². The minimum atomic E-state index is -0.830. The van der Waals surface area contributed by atoms with Crippen LogP contribution in [0.15, 0.2) is 42.5 Å². The van der Waals surface area contributed by atoms with E-state index in [9.17, 15) is 14.4 Å². The van der Waals surface area contributed by atoms with Crippen molar-refractivity contribution in [2.45, 2.75) is 38.6 Å². The molecule has 8 nitrogen and oxygen atoms in total. The fourth-order valence-corrected chi connectivity index (χ4v) is 3.29. The highest BCUT2D eigenvalue weighted by Crippen LogP contribution is 2.20. The lowest BCUT2D eigenvalue weighted by molar-refractivity contribution is -0.153. The number of carbonyl (C=O) groups is 3. The van der Waals surface area contributed by atoms with E-state index in [0.717, 1.165) is 11.3 Å². The first kappa shape index (κ1) is 21.4. The number of nitrogens with zero attached hydrogens (tertiary/aromatic N) is 4. The van der Waals surface area contributed by atoms with Crippen LogP contribution in [0.25, 0.3) is 0 Å². The van der Waals surface area contributed by atoms with Gasteiger partial charge in [0.05, 0.1) is 5.69 Å². The number of aromatic nitrogens is 2. The second-order valence-corrected chi connectivity index (χ2v) is 8.47. The fourth-order valence-electron chi connectivity index (χ4n) is 3.29.